The van der Waals surface area contributed by atoms with Crippen LogP contribution in [0.25, 0.3) is 0 Å². The van der Waals surface area contributed by atoms with E-state index in [1.165, 1.54) is 0 Å². The molecule has 1 heterocycles. The number of nitrogens with zero attached hydrogens (tertiary/aromatic N) is 2. The van der Waals surface area contributed by atoms with Gasteiger partial charge in [-0.2, -0.15) is 5.26 Å². The normalized spacial score (nSPS) is 46.8. The molecule has 7 atom stereocenters. The maximum atomic E-state index is 14.5. The standard InChI is InChI=1S/C33H44N2O3/c1-28(2)11-13-33(35-15-9-25(35)37)14-12-32(7)26(21(33)18-28)22(36)16-24-30(5)17-20(19-34)27(38)29(3,4)23(30)8-10-31(24,32)6/h16-17,21,23,26H,8-15,18H2,1-7H3/t21?,23?,26-,30-,31+,32+,33-/m0/s1. The van der Waals surface area contributed by atoms with Crippen LogP contribution in [0, 0.1) is 56.2 Å². The number of hydrogen-bond acceptors (Lipinski definition) is 4. The van der Waals surface area contributed by atoms with Crippen LogP contribution in [0.1, 0.15) is 99.8 Å². The smallest absolute Gasteiger partial charge is 0.224 e. The lowest BCUT2D eigenvalue weighted by atomic mass is 9.35. The number of Topliss-reactive ketones (excluding diaryl/α,β-unsaturated/α-hetero) is 1. The van der Waals surface area contributed by atoms with Crippen LogP contribution in [-0.4, -0.2) is 34.5 Å². The van der Waals surface area contributed by atoms with E-state index in [1.54, 1.807) is 0 Å². The van der Waals surface area contributed by atoms with Crippen molar-refractivity contribution in [2.45, 2.75) is 105 Å². The highest BCUT2D eigenvalue weighted by molar-refractivity contribution is 6.04. The number of allylic oxidation sites excluding steroid dienone is 4. The van der Waals surface area contributed by atoms with Gasteiger partial charge in [0.1, 0.15) is 6.07 Å². The predicted molar refractivity (Wildman–Crippen MR) is 146 cm³/mol. The molecule has 2 unspecified atom stereocenters. The number of β-lactam (4-membered cyclic amide) rings is 1. The zero-order chi connectivity index (χ0) is 27.7. The van der Waals surface area contributed by atoms with Gasteiger partial charge >= 0.3 is 0 Å². The summed E-state index contributed by atoms with van der Waals surface area (Å²) in [5.74, 6) is 0.515. The summed E-state index contributed by atoms with van der Waals surface area (Å²) in [5, 5.41) is 9.90. The number of hydrogen-bond donors (Lipinski definition) is 0. The van der Waals surface area contributed by atoms with Crippen molar-refractivity contribution >= 4 is 17.5 Å². The predicted octanol–water partition coefficient (Wildman–Crippen LogP) is 6.19. The number of carbonyl (C=O) groups excluding carboxylic acids is 3. The van der Waals surface area contributed by atoms with Crippen LogP contribution in [-0.2, 0) is 14.4 Å². The second-order valence-electron chi connectivity index (χ2n) is 15.7. The summed E-state index contributed by atoms with van der Waals surface area (Å²) >= 11 is 0. The zero-order valence-electron chi connectivity index (χ0n) is 24.4. The molecule has 38 heavy (non-hydrogen) atoms. The molecule has 0 spiro atoms. The summed E-state index contributed by atoms with van der Waals surface area (Å²) in [6, 6.07) is 2.20. The van der Waals surface area contributed by atoms with Gasteiger partial charge in [-0.15, -0.1) is 0 Å². The Labute approximate surface area is 228 Å². The summed E-state index contributed by atoms with van der Waals surface area (Å²) in [6.45, 7) is 16.4. The number of likely N-dealkylation sites (tertiary alicyclic amines) is 1. The number of ketones is 2. The molecule has 0 N–H and O–H groups in total. The Bertz CT molecular complexity index is 1270. The fraction of sp³-hybridized carbons (Fsp3) is 0.758. The van der Waals surface area contributed by atoms with Gasteiger partial charge in [-0.3, -0.25) is 14.4 Å². The van der Waals surface area contributed by atoms with Crippen LogP contribution >= 0.6 is 0 Å². The molecule has 6 aliphatic rings. The van der Waals surface area contributed by atoms with E-state index >= 15 is 0 Å². The van der Waals surface area contributed by atoms with Gasteiger partial charge < -0.3 is 4.90 Å². The average Bonchev–Trinajstić information content (AvgIpc) is 2.82. The molecule has 0 aromatic carbocycles. The number of fused-ring (bicyclic) bond motifs is 7. The van der Waals surface area contributed by atoms with Crippen molar-refractivity contribution in [3.63, 3.8) is 0 Å². The summed E-state index contributed by atoms with van der Waals surface area (Å²) in [5.41, 5.74) is -0.264. The van der Waals surface area contributed by atoms with Crippen LogP contribution in [0.3, 0.4) is 0 Å². The topological polar surface area (TPSA) is 78.2 Å². The Hall–Kier alpha value is -2.22. The van der Waals surface area contributed by atoms with E-state index in [1.807, 2.05) is 26.0 Å². The third-order valence-electron chi connectivity index (χ3n) is 13.2. The van der Waals surface area contributed by atoms with Crippen LogP contribution < -0.4 is 0 Å². The highest BCUT2D eigenvalue weighted by Gasteiger charge is 2.71. The molecule has 0 aromatic heterocycles. The number of carbonyl (C=O) groups is 3. The Balaban J connectivity index is 1.52. The quantitative estimate of drug-likeness (QED) is 0.389. The van der Waals surface area contributed by atoms with Gasteiger partial charge in [0.25, 0.3) is 0 Å². The van der Waals surface area contributed by atoms with Gasteiger partial charge in [-0.05, 0) is 79.1 Å². The Morgan fingerprint density at radius 3 is 2.24 bits per heavy atom. The molecule has 1 amide bonds. The molecule has 6 rings (SSSR count). The maximum Gasteiger partial charge on any atom is 0.224 e. The van der Waals surface area contributed by atoms with E-state index in [-0.39, 0.29) is 62.6 Å². The number of nitriles is 1. The van der Waals surface area contributed by atoms with Crippen LogP contribution in [0.5, 0.6) is 0 Å². The van der Waals surface area contributed by atoms with E-state index in [4.69, 9.17) is 0 Å². The lowest BCUT2D eigenvalue weighted by Gasteiger charge is -2.71. The van der Waals surface area contributed by atoms with Crippen molar-refractivity contribution in [1.82, 2.24) is 4.90 Å². The molecular weight excluding hydrogens is 472 g/mol. The first-order chi connectivity index (χ1) is 17.6. The molecule has 204 valence electrons. The summed E-state index contributed by atoms with van der Waals surface area (Å²) in [4.78, 5) is 42.8. The fourth-order valence-corrected chi connectivity index (χ4v) is 10.9. The second-order valence-corrected chi connectivity index (χ2v) is 15.7. The zero-order valence-corrected chi connectivity index (χ0v) is 24.4. The summed E-state index contributed by atoms with van der Waals surface area (Å²) in [6.07, 6.45) is 11.3. The van der Waals surface area contributed by atoms with Gasteiger partial charge in [0.2, 0.25) is 5.91 Å². The maximum absolute atomic E-state index is 14.5. The molecular formula is C33H44N2O3. The molecule has 1 aliphatic heterocycles. The third-order valence-corrected chi connectivity index (χ3v) is 13.2. The van der Waals surface area contributed by atoms with E-state index in [2.05, 4.69) is 45.6 Å². The number of rotatable bonds is 1. The Morgan fingerprint density at radius 2 is 1.63 bits per heavy atom. The molecule has 3 saturated carbocycles. The first-order valence-corrected chi connectivity index (χ1v) is 14.8. The lowest BCUT2D eigenvalue weighted by Crippen LogP contribution is -2.72. The second kappa shape index (κ2) is 7.49. The Kier molecular flexibility index (Phi) is 5.13. The van der Waals surface area contributed by atoms with Gasteiger partial charge in [0.15, 0.2) is 11.6 Å². The molecule has 0 aromatic rings. The van der Waals surface area contributed by atoms with Crippen molar-refractivity contribution in [2.24, 2.45) is 44.8 Å². The molecule has 5 nitrogen and oxygen atoms in total. The van der Waals surface area contributed by atoms with Gasteiger partial charge in [0, 0.05) is 35.3 Å². The first kappa shape index (κ1) is 26.0. The minimum absolute atomic E-state index is 0.0573. The minimum atomic E-state index is -0.648. The molecule has 1 saturated heterocycles. The summed E-state index contributed by atoms with van der Waals surface area (Å²) in [7, 11) is 0. The van der Waals surface area contributed by atoms with E-state index < -0.39 is 10.8 Å². The fourth-order valence-electron chi connectivity index (χ4n) is 10.9. The van der Waals surface area contributed by atoms with Gasteiger partial charge in [-0.1, -0.05) is 60.1 Å². The molecule has 5 aliphatic carbocycles. The highest BCUT2D eigenvalue weighted by atomic mass is 16.2. The molecule has 5 heteroatoms. The number of amides is 1. The van der Waals surface area contributed by atoms with Crippen molar-refractivity contribution in [3.8, 4) is 6.07 Å². The molecule has 0 radical (unpaired) electrons. The van der Waals surface area contributed by atoms with Crippen molar-refractivity contribution in [2.75, 3.05) is 6.54 Å². The lowest BCUT2D eigenvalue weighted by molar-refractivity contribution is -0.192. The average molecular weight is 517 g/mol. The van der Waals surface area contributed by atoms with Gasteiger partial charge in [-0.25, -0.2) is 0 Å². The van der Waals surface area contributed by atoms with Crippen molar-refractivity contribution in [1.29, 1.82) is 5.26 Å². The largest absolute Gasteiger partial charge is 0.336 e. The molecule has 0 bridgehead atoms. The Morgan fingerprint density at radius 1 is 0.947 bits per heavy atom. The SMILES string of the molecule is CC1(C)CC[C@]2(N3CCC3=O)CC[C@]3(C)[C@H](C(=O)C=C4[C@@]5(C)C=C(C#N)C(=O)C(C)(C)C5CC[C@]43C)C2C1. The monoisotopic (exact) mass is 516 g/mol. The van der Waals surface area contributed by atoms with Crippen molar-refractivity contribution in [3.05, 3.63) is 23.3 Å². The van der Waals surface area contributed by atoms with Gasteiger partial charge in [0.05, 0.1) is 5.57 Å². The van der Waals surface area contributed by atoms with Crippen LogP contribution in [0.2, 0.25) is 0 Å². The van der Waals surface area contributed by atoms with E-state index in [9.17, 15) is 19.6 Å². The highest BCUT2D eigenvalue weighted by Crippen LogP contribution is 2.74. The third kappa shape index (κ3) is 2.91. The van der Waals surface area contributed by atoms with E-state index in [0.29, 0.717) is 6.42 Å². The van der Waals surface area contributed by atoms with Crippen LogP contribution in [0.15, 0.2) is 23.3 Å². The molecule has 4 fully saturated rings. The minimum Gasteiger partial charge on any atom is -0.336 e. The summed E-state index contributed by atoms with van der Waals surface area (Å²) < 4.78 is 0. The first-order valence-electron chi connectivity index (χ1n) is 14.8. The van der Waals surface area contributed by atoms with E-state index in [0.717, 1.165) is 57.1 Å². The van der Waals surface area contributed by atoms with Crippen molar-refractivity contribution < 1.29 is 14.4 Å². The van der Waals surface area contributed by atoms with Crippen LogP contribution in [0.4, 0.5) is 0 Å².